The largest absolute Gasteiger partial charge is 0.322 e. The Bertz CT molecular complexity index is 1470. The number of benzene rings is 2. The summed E-state index contributed by atoms with van der Waals surface area (Å²) in [5.74, 6) is 1.68. The lowest BCUT2D eigenvalue weighted by Crippen LogP contribution is -2.16. The van der Waals surface area contributed by atoms with Crippen LogP contribution in [0.25, 0.3) is 15.9 Å². The van der Waals surface area contributed by atoms with Crippen molar-refractivity contribution < 1.29 is 4.79 Å². The zero-order valence-electron chi connectivity index (χ0n) is 20.1. The summed E-state index contributed by atoms with van der Waals surface area (Å²) in [6.45, 7) is 6.65. The fourth-order valence-electron chi connectivity index (χ4n) is 3.84. The number of hydrogen-bond acceptors (Lipinski definition) is 8. The molecular formula is C25H25N7OS3. The fraction of sp³-hybridized carbons (Fsp3) is 0.240. The Hall–Kier alpha value is -3.15. The predicted molar refractivity (Wildman–Crippen MR) is 147 cm³/mol. The molecule has 184 valence electrons. The van der Waals surface area contributed by atoms with Gasteiger partial charge in [0.25, 0.3) is 0 Å². The van der Waals surface area contributed by atoms with Gasteiger partial charge in [-0.15, -0.1) is 21.5 Å². The first-order valence-electron chi connectivity index (χ1n) is 11.5. The number of nitrogens with one attached hydrogen (secondary N) is 1. The summed E-state index contributed by atoms with van der Waals surface area (Å²) in [5.41, 5.74) is 4.39. The maximum atomic E-state index is 12.8. The Morgan fingerprint density at radius 2 is 1.81 bits per heavy atom. The number of carbonyl (C=O) groups is 1. The van der Waals surface area contributed by atoms with Gasteiger partial charge in [-0.2, -0.15) is 5.10 Å². The van der Waals surface area contributed by atoms with Gasteiger partial charge < -0.3 is 9.88 Å². The van der Waals surface area contributed by atoms with E-state index in [1.807, 2.05) is 67.1 Å². The van der Waals surface area contributed by atoms with Crippen LogP contribution in [-0.2, 0) is 17.1 Å². The quantitative estimate of drug-likeness (QED) is 0.241. The molecule has 0 radical (unpaired) electrons. The molecule has 0 unspecified atom stereocenters. The molecule has 5 rings (SSSR count). The lowest BCUT2D eigenvalue weighted by atomic mass is 10.3. The van der Waals surface area contributed by atoms with Crippen LogP contribution < -0.4 is 5.32 Å². The number of aryl methyl sites for hydroxylation is 1. The number of hydrogen-bond donors (Lipinski definition) is 1. The van der Waals surface area contributed by atoms with Crippen molar-refractivity contribution in [1.82, 2.24) is 29.5 Å². The minimum absolute atomic E-state index is 0.102. The van der Waals surface area contributed by atoms with Crippen molar-refractivity contribution in [3.63, 3.8) is 0 Å². The summed E-state index contributed by atoms with van der Waals surface area (Å²) in [7, 11) is 0. The number of para-hydroxylation sites is 2. The van der Waals surface area contributed by atoms with Crippen molar-refractivity contribution in [3.8, 4) is 5.69 Å². The van der Waals surface area contributed by atoms with Crippen molar-refractivity contribution >= 4 is 56.7 Å². The summed E-state index contributed by atoms with van der Waals surface area (Å²) in [6, 6.07) is 18.0. The number of fused-ring (bicyclic) bond motifs is 1. The Labute approximate surface area is 221 Å². The fourth-order valence-corrected chi connectivity index (χ4v) is 6.67. The summed E-state index contributed by atoms with van der Waals surface area (Å²) in [5, 5.41) is 17.1. The normalized spacial score (nSPS) is 11.3. The van der Waals surface area contributed by atoms with E-state index in [0.717, 1.165) is 50.1 Å². The number of amides is 1. The molecule has 0 spiro atoms. The summed E-state index contributed by atoms with van der Waals surface area (Å²) < 4.78 is 6.10. The lowest BCUT2D eigenvalue weighted by Gasteiger charge is -2.08. The standard InChI is InChI=1S/C25H25N7OS3/c1-4-31-21(14-35-25-26-19-12-8-9-13-20(19)36-25)28-29-24(31)34-15-22(33)27-23-16(2)30-32(17(23)3)18-10-6-5-7-11-18/h5-13H,4,14-15H2,1-3H3,(H,27,33). The second kappa shape index (κ2) is 10.9. The van der Waals surface area contributed by atoms with E-state index >= 15 is 0 Å². The number of thiazole rings is 1. The van der Waals surface area contributed by atoms with Crippen LogP contribution in [0.2, 0.25) is 0 Å². The molecule has 3 heterocycles. The molecule has 5 aromatic rings. The van der Waals surface area contributed by atoms with Gasteiger partial charge >= 0.3 is 0 Å². The molecule has 0 aliphatic carbocycles. The van der Waals surface area contributed by atoms with Gasteiger partial charge in [-0.3, -0.25) is 4.79 Å². The molecule has 8 nitrogen and oxygen atoms in total. The third kappa shape index (κ3) is 5.18. The van der Waals surface area contributed by atoms with Crippen LogP contribution in [0.1, 0.15) is 24.1 Å². The molecular weight excluding hydrogens is 511 g/mol. The minimum Gasteiger partial charge on any atom is -0.322 e. The summed E-state index contributed by atoms with van der Waals surface area (Å²) in [4.78, 5) is 17.5. The van der Waals surface area contributed by atoms with Crippen LogP contribution in [0.5, 0.6) is 0 Å². The van der Waals surface area contributed by atoms with E-state index in [-0.39, 0.29) is 11.7 Å². The van der Waals surface area contributed by atoms with Crippen molar-refractivity contribution in [2.24, 2.45) is 0 Å². The van der Waals surface area contributed by atoms with E-state index in [1.165, 1.54) is 16.5 Å². The predicted octanol–water partition coefficient (Wildman–Crippen LogP) is 5.73. The number of nitrogens with zero attached hydrogens (tertiary/aromatic N) is 6. The Kier molecular flexibility index (Phi) is 7.40. The van der Waals surface area contributed by atoms with Crippen molar-refractivity contribution in [2.75, 3.05) is 11.1 Å². The highest BCUT2D eigenvalue weighted by atomic mass is 32.2. The maximum absolute atomic E-state index is 12.8. The molecule has 0 aliphatic rings. The molecule has 3 aromatic heterocycles. The molecule has 0 saturated carbocycles. The first kappa shape index (κ1) is 24.5. The Balaban J connectivity index is 1.21. The molecule has 11 heteroatoms. The van der Waals surface area contributed by atoms with E-state index in [1.54, 1.807) is 23.1 Å². The third-order valence-corrected chi connectivity index (χ3v) is 8.74. The van der Waals surface area contributed by atoms with Gasteiger partial charge in [0.15, 0.2) is 9.50 Å². The number of thioether (sulfide) groups is 2. The molecule has 0 aliphatic heterocycles. The highest BCUT2D eigenvalue weighted by Gasteiger charge is 2.18. The van der Waals surface area contributed by atoms with Gasteiger partial charge in [-0.25, -0.2) is 9.67 Å². The molecule has 1 N–H and O–H groups in total. The SMILES string of the molecule is CCn1c(CSc2nc3ccccc3s2)nnc1SCC(=O)Nc1c(C)nn(-c2ccccc2)c1C. The van der Waals surface area contributed by atoms with Crippen molar-refractivity contribution in [1.29, 1.82) is 0 Å². The van der Waals surface area contributed by atoms with Gasteiger partial charge in [-0.05, 0) is 45.0 Å². The number of rotatable bonds is 9. The van der Waals surface area contributed by atoms with Crippen LogP contribution in [0.4, 0.5) is 5.69 Å². The van der Waals surface area contributed by atoms with Crippen molar-refractivity contribution in [3.05, 3.63) is 71.8 Å². The van der Waals surface area contributed by atoms with E-state index in [0.29, 0.717) is 5.75 Å². The van der Waals surface area contributed by atoms with E-state index in [9.17, 15) is 4.79 Å². The summed E-state index contributed by atoms with van der Waals surface area (Å²) >= 11 is 4.73. The molecule has 2 aromatic carbocycles. The van der Waals surface area contributed by atoms with Crippen LogP contribution in [-0.4, -0.2) is 41.2 Å². The topological polar surface area (TPSA) is 90.5 Å². The van der Waals surface area contributed by atoms with Crippen LogP contribution >= 0.6 is 34.9 Å². The van der Waals surface area contributed by atoms with Gasteiger partial charge in [0.2, 0.25) is 5.91 Å². The highest BCUT2D eigenvalue weighted by Crippen LogP contribution is 2.32. The molecule has 0 bridgehead atoms. The first-order chi connectivity index (χ1) is 17.5. The van der Waals surface area contributed by atoms with Crippen LogP contribution in [0, 0.1) is 13.8 Å². The number of carbonyl (C=O) groups excluding carboxylic acids is 1. The highest BCUT2D eigenvalue weighted by molar-refractivity contribution is 8.00. The monoisotopic (exact) mass is 535 g/mol. The average Bonchev–Trinajstić information content (AvgIpc) is 3.57. The van der Waals surface area contributed by atoms with E-state index in [4.69, 9.17) is 0 Å². The molecule has 0 fully saturated rings. The van der Waals surface area contributed by atoms with Crippen LogP contribution in [0.3, 0.4) is 0 Å². The lowest BCUT2D eigenvalue weighted by molar-refractivity contribution is -0.113. The van der Waals surface area contributed by atoms with Crippen LogP contribution in [0.15, 0.2) is 64.1 Å². The molecule has 0 atom stereocenters. The zero-order valence-corrected chi connectivity index (χ0v) is 22.6. The second-order valence-corrected chi connectivity index (χ2v) is 11.2. The van der Waals surface area contributed by atoms with Gasteiger partial charge in [0.1, 0.15) is 5.82 Å². The first-order valence-corrected chi connectivity index (χ1v) is 14.3. The summed E-state index contributed by atoms with van der Waals surface area (Å²) in [6.07, 6.45) is 0. The Morgan fingerprint density at radius 1 is 1.03 bits per heavy atom. The molecule has 0 saturated heterocycles. The van der Waals surface area contributed by atoms with Gasteiger partial charge in [0, 0.05) is 6.54 Å². The van der Waals surface area contributed by atoms with E-state index < -0.39 is 0 Å². The average molecular weight is 536 g/mol. The third-order valence-electron chi connectivity index (χ3n) is 5.60. The number of aromatic nitrogens is 6. The van der Waals surface area contributed by atoms with Gasteiger partial charge in [0.05, 0.1) is 44.5 Å². The van der Waals surface area contributed by atoms with Gasteiger partial charge in [-0.1, -0.05) is 53.9 Å². The number of anilines is 1. The second-order valence-electron chi connectivity index (χ2n) is 8.01. The van der Waals surface area contributed by atoms with Crippen molar-refractivity contribution in [2.45, 2.75) is 42.6 Å². The smallest absolute Gasteiger partial charge is 0.234 e. The maximum Gasteiger partial charge on any atom is 0.234 e. The Morgan fingerprint density at radius 3 is 2.58 bits per heavy atom. The minimum atomic E-state index is -0.102. The molecule has 1 amide bonds. The molecule has 36 heavy (non-hydrogen) atoms. The zero-order chi connectivity index (χ0) is 25.1. The van der Waals surface area contributed by atoms with E-state index in [2.05, 4.69) is 43.2 Å².